The first-order chi connectivity index (χ1) is 14.5. The summed E-state index contributed by atoms with van der Waals surface area (Å²) in [6.45, 7) is 4.90. The summed E-state index contributed by atoms with van der Waals surface area (Å²) in [5.41, 5.74) is 4.64. The number of carbonyl (C=O) groups is 1. The van der Waals surface area contributed by atoms with Crippen LogP contribution in [0.4, 0.5) is 11.4 Å². The van der Waals surface area contributed by atoms with Crippen molar-refractivity contribution in [2.75, 3.05) is 10.6 Å². The molecule has 3 N–H and O–H groups in total. The first-order valence-corrected chi connectivity index (χ1v) is 10.6. The first kappa shape index (κ1) is 21.5. The molecule has 0 aliphatic carbocycles. The SMILES string of the molecule is CC[C@H](C)c1ccc(NC(=S)Nc2cccc(C(=O)NCc3ccccc3)c2)cc1. The standard InChI is InChI=1S/C25H27N3OS/c1-3-18(2)20-12-14-22(15-13-20)27-25(30)28-23-11-7-10-21(16-23)24(29)26-17-19-8-5-4-6-9-19/h4-16,18H,3,17H2,1-2H3,(H,26,29)(H2,27,28,30)/t18-/m0/s1. The molecule has 0 fully saturated rings. The fourth-order valence-electron chi connectivity index (χ4n) is 3.04. The predicted molar refractivity (Wildman–Crippen MR) is 129 cm³/mol. The topological polar surface area (TPSA) is 53.2 Å². The van der Waals surface area contributed by atoms with Crippen LogP contribution >= 0.6 is 12.2 Å². The zero-order chi connectivity index (χ0) is 21.3. The van der Waals surface area contributed by atoms with Crippen LogP contribution in [0.15, 0.2) is 78.9 Å². The predicted octanol–water partition coefficient (Wildman–Crippen LogP) is 5.94. The lowest BCUT2D eigenvalue weighted by molar-refractivity contribution is 0.0951. The molecular weight excluding hydrogens is 390 g/mol. The van der Waals surface area contributed by atoms with E-state index in [4.69, 9.17) is 12.2 Å². The quantitative estimate of drug-likeness (QED) is 0.417. The Hall–Kier alpha value is -3.18. The highest BCUT2D eigenvalue weighted by molar-refractivity contribution is 7.80. The first-order valence-electron chi connectivity index (χ1n) is 10.2. The molecule has 0 saturated carbocycles. The summed E-state index contributed by atoms with van der Waals surface area (Å²) in [4.78, 5) is 12.5. The molecule has 154 valence electrons. The Kier molecular flexibility index (Phi) is 7.57. The summed E-state index contributed by atoms with van der Waals surface area (Å²) in [6.07, 6.45) is 1.11. The number of rotatable bonds is 7. The van der Waals surface area contributed by atoms with Gasteiger partial charge in [-0.2, -0.15) is 0 Å². The van der Waals surface area contributed by atoms with E-state index in [1.165, 1.54) is 5.56 Å². The van der Waals surface area contributed by atoms with Crippen LogP contribution in [0.25, 0.3) is 0 Å². The Bertz CT molecular complexity index is 987. The molecule has 30 heavy (non-hydrogen) atoms. The summed E-state index contributed by atoms with van der Waals surface area (Å²) < 4.78 is 0. The summed E-state index contributed by atoms with van der Waals surface area (Å²) in [6, 6.07) is 25.4. The molecule has 0 spiro atoms. The minimum Gasteiger partial charge on any atom is -0.348 e. The zero-order valence-corrected chi connectivity index (χ0v) is 18.1. The number of hydrogen-bond acceptors (Lipinski definition) is 2. The number of anilines is 2. The van der Waals surface area contributed by atoms with Crippen molar-refractivity contribution in [1.82, 2.24) is 5.32 Å². The Morgan fingerprint density at radius 1 is 0.900 bits per heavy atom. The van der Waals surface area contributed by atoms with Crippen molar-refractivity contribution in [2.24, 2.45) is 0 Å². The van der Waals surface area contributed by atoms with Crippen LogP contribution in [-0.4, -0.2) is 11.0 Å². The lowest BCUT2D eigenvalue weighted by Crippen LogP contribution is -2.23. The minimum atomic E-state index is -0.123. The molecule has 0 aromatic heterocycles. The lowest BCUT2D eigenvalue weighted by atomic mass is 9.99. The third-order valence-corrected chi connectivity index (χ3v) is 5.23. The molecule has 0 aliphatic rings. The molecule has 3 rings (SSSR count). The second-order valence-electron chi connectivity index (χ2n) is 7.26. The molecule has 1 atom stereocenters. The van der Waals surface area contributed by atoms with Gasteiger partial charge in [-0.3, -0.25) is 4.79 Å². The number of thiocarbonyl (C=S) groups is 1. The summed E-state index contributed by atoms with van der Waals surface area (Å²) >= 11 is 5.43. The van der Waals surface area contributed by atoms with Gasteiger partial charge in [-0.15, -0.1) is 0 Å². The van der Waals surface area contributed by atoms with Gasteiger partial charge in [-0.1, -0.05) is 62.4 Å². The second-order valence-corrected chi connectivity index (χ2v) is 7.67. The van der Waals surface area contributed by atoms with Crippen molar-refractivity contribution in [3.05, 3.63) is 95.6 Å². The van der Waals surface area contributed by atoms with E-state index in [1.54, 1.807) is 12.1 Å². The fraction of sp³-hybridized carbons (Fsp3) is 0.200. The number of hydrogen-bond donors (Lipinski definition) is 3. The summed E-state index contributed by atoms with van der Waals surface area (Å²) in [5.74, 6) is 0.418. The number of benzene rings is 3. The molecule has 0 bridgehead atoms. The molecular formula is C25H27N3OS. The fourth-order valence-corrected chi connectivity index (χ4v) is 3.28. The van der Waals surface area contributed by atoms with Crippen LogP contribution in [0, 0.1) is 0 Å². The van der Waals surface area contributed by atoms with Gasteiger partial charge < -0.3 is 16.0 Å². The van der Waals surface area contributed by atoms with Crippen LogP contribution in [0.2, 0.25) is 0 Å². The lowest BCUT2D eigenvalue weighted by Gasteiger charge is -2.13. The summed E-state index contributed by atoms with van der Waals surface area (Å²) in [5, 5.41) is 9.76. The second kappa shape index (κ2) is 10.6. The summed E-state index contributed by atoms with van der Waals surface area (Å²) in [7, 11) is 0. The van der Waals surface area contributed by atoms with Crippen LogP contribution in [-0.2, 0) is 6.54 Å². The third-order valence-electron chi connectivity index (χ3n) is 5.03. The maximum atomic E-state index is 12.5. The highest BCUT2D eigenvalue weighted by Gasteiger charge is 2.08. The van der Waals surface area contributed by atoms with Crippen molar-refractivity contribution in [2.45, 2.75) is 32.7 Å². The van der Waals surface area contributed by atoms with Crippen LogP contribution in [0.1, 0.15) is 47.7 Å². The molecule has 0 unspecified atom stereocenters. The number of amides is 1. The van der Waals surface area contributed by atoms with E-state index in [0.29, 0.717) is 23.1 Å². The Labute approximate surface area is 183 Å². The van der Waals surface area contributed by atoms with Gasteiger partial charge in [0.2, 0.25) is 0 Å². The highest BCUT2D eigenvalue weighted by atomic mass is 32.1. The normalized spacial score (nSPS) is 11.4. The molecule has 3 aromatic carbocycles. The maximum absolute atomic E-state index is 12.5. The average Bonchev–Trinajstić information content (AvgIpc) is 2.78. The van der Waals surface area contributed by atoms with Crippen molar-refractivity contribution in [3.63, 3.8) is 0 Å². The van der Waals surface area contributed by atoms with Crippen LogP contribution in [0.3, 0.4) is 0 Å². The van der Waals surface area contributed by atoms with E-state index >= 15 is 0 Å². The molecule has 5 heteroatoms. The minimum absolute atomic E-state index is 0.123. The Morgan fingerprint density at radius 3 is 2.30 bits per heavy atom. The van der Waals surface area contributed by atoms with E-state index in [-0.39, 0.29) is 5.91 Å². The molecule has 0 saturated heterocycles. The largest absolute Gasteiger partial charge is 0.348 e. The van der Waals surface area contributed by atoms with Gasteiger partial charge in [-0.25, -0.2) is 0 Å². The van der Waals surface area contributed by atoms with Gasteiger partial charge in [0, 0.05) is 23.5 Å². The van der Waals surface area contributed by atoms with Crippen LogP contribution < -0.4 is 16.0 Å². The highest BCUT2D eigenvalue weighted by Crippen LogP contribution is 2.20. The van der Waals surface area contributed by atoms with E-state index in [1.807, 2.05) is 54.6 Å². The average molecular weight is 418 g/mol. The van der Waals surface area contributed by atoms with Crippen molar-refractivity contribution < 1.29 is 4.79 Å². The molecule has 0 aliphatic heterocycles. The van der Waals surface area contributed by atoms with E-state index in [9.17, 15) is 4.79 Å². The van der Waals surface area contributed by atoms with Crippen molar-refractivity contribution in [3.8, 4) is 0 Å². The molecule has 4 nitrogen and oxygen atoms in total. The molecule has 0 heterocycles. The Morgan fingerprint density at radius 2 is 1.60 bits per heavy atom. The van der Waals surface area contributed by atoms with Crippen molar-refractivity contribution in [1.29, 1.82) is 0 Å². The molecule has 0 radical (unpaired) electrons. The van der Waals surface area contributed by atoms with E-state index in [0.717, 1.165) is 23.4 Å². The van der Waals surface area contributed by atoms with Crippen molar-refractivity contribution >= 4 is 34.6 Å². The zero-order valence-electron chi connectivity index (χ0n) is 17.3. The monoisotopic (exact) mass is 417 g/mol. The number of nitrogens with one attached hydrogen (secondary N) is 3. The van der Waals surface area contributed by atoms with E-state index < -0.39 is 0 Å². The van der Waals surface area contributed by atoms with E-state index in [2.05, 4.69) is 41.9 Å². The third kappa shape index (κ3) is 6.16. The van der Waals surface area contributed by atoms with Gasteiger partial charge >= 0.3 is 0 Å². The smallest absolute Gasteiger partial charge is 0.251 e. The Balaban J connectivity index is 1.56. The van der Waals surface area contributed by atoms with Gasteiger partial charge in [0.15, 0.2) is 5.11 Å². The van der Waals surface area contributed by atoms with Gasteiger partial charge in [-0.05, 0) is 66.0 Å². The van der Waals surface area contributed by atoms with Crippen LogP contribution in [0.5, 0.6) is 0 Å². The molecule has 3 aromatic rings. The number of carbonyl (C=O) groups excluding carboxylic acids is 1. The maximum Gasteiger partial charge on any atom is 0.251 e. The van der Waals surface area contributed by atoms with Gasteiger partial charge in [0.25, 0.3) is 5.91 Å². The molecule has 1 amide bonds. The van der Waals surface area contributed by atoms with Gasteiger partial charge in [0.05, 0.1) is 0 Å². The van der Waals surface area contributed by atoms with Gasteiger partial charge in [0.1, 0.15) is 0 Å².